The molecule has 1 fully saturated rings. The molecule has 0 atom stereocenters. The maximum atomic E-state index is 11.0. The van der Waals surface area contributed by atoms with Gasteiger partial charge in [0.25, 0.3) is 0 Å². The first kappa shape index (κ1) is 12.1. The molecule has 92 valence electrons. The van der Waals surface area contributed by atoms with Crippen LogP contribution in [0.1, 0.15) is 28.8 Å². The molecular weight excluding hydrogens is 214 g/mol. The molecule has 0 bridgehead atoms. The second-order valence-electron chi connectivity index (χ2n) is 4.92. The van der Waals surface area contributed by atoms with E-state index in [-0.39, 0.29) is 0 Å². The lowest BCUT2D eigenvalue weighted by molar-refractivity contribution is 0.0695. The molecule has 0 saturated heterocycles. The summed E-state index contributed by atoms with van der Waals surface area (Å²) in [4.78, 5) is 13.3. The molecule has 3 heteroatoms. The standard InChI is InChI=1S/C14H19NO2/c1-15(10-11-6-7-11)9-8-12-4-2-3-5-13(12)14(16)17/h2-5,11H,6-10H2,1H3,(H,16,17). The lowest BCUT2D eigenvalue weighted by atomic mass is 10.0. The van der Waals surface area contributed by atoms with Crippen LogP contribution < -0.4 is 0 Å². The molecule has 1 saturated carbocycles. The van der Waals surface area contributed by atoms with Crippen LogP contribution in [0.4, 0.5) is 0 Å². The van der Waals surface area contributed by atoms with Gasteiger partial charge in [0.15, 0.2) is 0 Å². The van der Waals surface area contributed by atoms with Gasteiger partial charge in [0.05, 0.1) is 5.56 Å². The fourth-order valence-corrected chi connectivity index (χ4v) is 2.09. The van der Waals surface area contributed by atoms with Crippen molar-refractivity contribution in [3.8, 4) is 0 Å². The molecule has 0 aromatic heterocycles. The van der Waals surface area contributed by atoms with Crippen LogP contribution in [0.15, 0.2) is 24.3 Å². The van der Waals surface area contributed by atoms with Gasteiger partial charge in [-0.05, 0) is 43.9 Å². The van der Waals surface area contributed by atoms with Gasteiger partial charge in [0, 0.05) is 13.1 Å². The van der Waals surface area contributed by atoms with Crippen molar-refractivity contribution >= 4 is 5.97 Å². The highest BCUT2D eigenvalue weighted by Crippen LogP contribution is 2.29. The largest absolute Gasteiger partial charge is 0.478 e. The second-order valence-corrected chi connectivity index (χ2v) is 4.92. The predicted molar refractivity (Wildman–Crippen MR) is 67.3 cm³/mol. The van der Waals surface area contributed by atoms with Crippen molar-refractivity contribution in [2.75, 3.05) is 20.1 Å². The van der Waals surface area contributed by atoms with Crippen molar-refractivity contribution in [1.82, 2.24) is 4.90 Å². The number of benzene rings is 1. The lowest BCUT2D eigenvalue weighted by Crippen LogP contribution is -2.24. The van der Waals surface area contributed by atoms with Crippen molar-refractivity contribution in [1.29, 1.82) is 0 Å². The van der Waals surface area contributed by atoms with Gasteiger partial charge in [0.1, 0.15) is 0 Å². The van der Waals surface area contributed by atoms with Gasteiger partial charge in [-0.1, -0.05) is 18.2 Å². The molecule has 1 aliphatic carbocycles. The SMILES string of the molecule is CN(CCc1ccccc1C(=O)O)CC1CC1. The van der Waals surface area contributed by atoms with E-state index in [0.29, 0.717) is 5.56 Å². The molecule has 0 spiro atoms. The van der Waals surface area contributed by atoms with Gasteiger partial charge < -0.3 is 10.0 Å². The molecule has 0 heterocycles. The van der Waals surface area contributed by atoms with E-state index in [4.69, 9.17) is 5.11 Å². The number of rotatable bonds is 6. The summed E-state index contributed by atoms with van der Waals surface area (Å²) in [5, 5.41) is 9.07. The highest BCUT2D eigenvalue weighted by atomic mass is 16.4. The first-order valence-corrected chi connectivity index (χ1v) is 6.16. The number of hydrogen-bond acceptors (Lipinski definition) is 2. The van der Waals surface area contributed by atoms with E-state index in [1.807, 2.05) is 12.1 Å². The third-order valence-electron chi connectivity index (χ3n) is 3.28. The van der Waals surface area contributed by atoms with E-state index < -0.39 is 5.97 Å². The maximum absolute atomic E-state index is 11.0. The van der Waals surface area contributed by atoms with Crippen LogP contribution in [0.25, 0.3) is 0 Å². The number of carboxylic acids is 1. The molecule has 0 unspecified atom stereocenters. The molecule has 3 nitrogen and oxygen atoms in total. The van der Waals surface area contributed by atoms with Gasteiger partial charge in [-0.2, -0.15) is 0 Å². The molecule has 0 amide bonds. The van der Waals surface area contributed by atoms with E-state index in [1.165, 1.54) is 12.8 Å². The van der Waals surface area contributed by atoms with E-state index in [2.05, 4.69) is 11.9 Å². The van der Waals surface area contributed by atoms with E-state index >= 15 is 0 Å². The highest BCUT2D eigenvalue weighted by molar-refractivity contribution is 5.89. The summed E-state index contributed by atoms with van der Waals surface area (Å²) in [6.07, 6.45) is 3.53. The number of hydrogen-bond donors (Lipinski definition) is 1. The third-order valence-corrected chi connectivity index (χ3v) is 3.28. The average Bonchev–Trinajstić information content (AvgIpc) is 3.10. The normalized spacial score (nSPS) is 15.2. The van der Waals surface area contributed by atoms with Crippen LogP contribution in [-0.2, 0) is 6.42 Å². The Morgan fingerprint density at radius 2 is 2.12 bits per heavy atom. The number of likely N-dealkylation sites (N-methyl/N-ethyl adjacent to an activating group) is 1. The minimum absolute atomic E-state index is 0.437. The monoisotopic (exact) mass is 233 g/mol. The maximum Gasteiger partial charge on any atom is 0.335 e. The Bertz CT molecular complexity index is 399. The molecule has 1 aromatic rings. The molecule has 0 radical (unpaired) electrons. The summed E-state index contributed by atoms with van der Waals surface area (Å²) in [6.45, 7) is 2.08. The van der Waals surface area contributed by atoms with Crippen molar-refractivity contribution < 1.29 is 9.90 Å². The van der Waals surface area contributed by atoms with Crippen LogP contribution in [0.2, 0.25) is 0 Å². The van der Waals surface area contributed by atoms with Gasteiger partial charge in [0.2, 0.25) is 0 Å². The van der Waals surface area contributed by atoms with Gasteiger partial charge >= 0.3 is 5.97 Å². The molecule has 17 heavy (non-hydrogen) atoms. The minimum atomic E-state index is -0.828. The number of carbonyl (C=O) groups is 1. The fraction of sp³-hybridized carbons (Fsp3) is 0.500. The summed E-state index contributed by atoms with van der Waals surface area (Å²) < 4.78 is 0. The third kappa shape index (κ3) is 3.56. The topological polar surface area (TPSA) is 40.5 Å². The van der Waals surface area contributed by atoms with Crippen LogP contribution in [0.3, 0.4) is 0 Å². The molecule has 2 rings (SSSR count). The number of aromatic carboxylic acids is 1. The van der Waals surface area contributed by atoms with Crippen LogP contribution >= 0.6 is 0 Å². The van der Waals surface area contributed by atoms with Crippen molar-refractivity contribution in [3.63, 3.8) is 0 Å². The molecule has 1 aliphatic rings. The summed E-state index contributed by atoms with van der Waals surface area (Å²) in [6, 6.07) is 7.27. The molecular formula is C14H19NO2. The Morgan fingerprint density at radius 1 is 1.41 bits per heavy atom. The number of nitrogens with zero attached hydrogens (tertiary/aromatic N) is 1. The minimum Gasteiger partial charge on any atom is -0.478 e. The van der Waals surface area contributed by atoms with Gasteiger partial charge in [-0.25, -0.2) is 4.79 Å². The first-order valence-electron chi connectivity index (χ1n) is 6.16. The smallest absolute Gasteiger partial charge is 0.335 e. The van der Waals surface area contributed by atoms with E-state index in [1.54, 1.807) is 12.1 Å². The van der Waals surface area contributed by atoms with Crippen molar-refractivity contribution in [2.24, 2.45) is 5.92 Å². The average molecular weight is 233 g/mol. The van der Waals surface area contributed by atoms with Crippen LogP contribution in [0, 0.1) is 5.92 Å². The lowest BCUT2D eigenvalue weighted by Gasteiger charge is -2.16. The Labute approximate surface area is 102 Å². The predicted octanol–water partition coefficient (Wildman–Crippen LogP) is 2.27. The summed E-state index contributed by atoms with van der Waals surface area (Å²) >= 11 is 0. The zero-order chi connectivity index (χ0) is 12.3. The first-order chi connectivity index (χ1) is 8.16. The Kier molecular flexibility index (Phi) is 3.79. The summed E-state index contributed by atoms with van der Waals surface area (Å²) in [7, 11) is 2.11. The Hall–Kier alpha value is -1.35. The van der Waals surface area contributed by atoms with Crippen molar-refractivity contribution in [2.45, 2.75) is 19.3 Å². The van der Waals surface area contributed by atoms with Crippen LogP contribution in [-0.4, -0.2) is 36.1 Å². The molecule has 0 aliphatic heterocycles. The van der Waals surface area contributed by atoms with Crippen LogP contribution in [0.5, 0.6) is 0 Å². The van der Waals surface area contributed by atoms with Gasteiger partial charge in [-0.15, -0.1) is 0 Å². The number of carboxylic acid groups (broad SMARTS) is 1. The highest BCUT2D eigenvalue weighted by Gasteiger charge is 2.22. The fourth-order valence-electron chi connectivity index (χ4n) is 2.09. The quantitative estimate of drug-likeness (QED) is 0.819. The second kappa shape index (κ2) is 5.32. The van der Waals surface area contributed by atoms with E-state index in [9.17, 15) is 4.79 Å². The zero-order valence-electron chi connectivity index (χ0n) is 10.2. The molecule has 1 aromatic carbocycles. The summed E-state index contributed by atoms with van der Waals surface area (Å²) in [5.41, 5.74) is 1.37. The Morgan fingerprint density at radius 3 is 2.76 bits per heavy atom. The van der Waals surface area contributed by atoms with Gasteiger partial charge in [-0.3, -0.25) is 0 Å². The summed E-state index contributed by atoms with van der Waals surface area (Å²) in [5.74, 6) is 0.0557. The van der Waals surface area contributed by atoms with Crippen molar-refractivity contribution in [3.05, 3.63) is 35.4 Å². The zero-order valence-corrected chi connectivity index (χ0v) is 10.2. The Balaban J connectivity index is 1.90. The van der Waals surface area contributed by atoms with E-state index in [0.717, 1.165) is 31.0 Å². The molecule has 1 N–H and O–H groups in total.